The highest BCUT2D eigenvalue weighted by atomic mass is 32.2. The summed E-state index contributed by atoms with van der Waals surface area (Å²) in [5.41, 5.74) is -0.559. The Hall–Kier alpha value is -0.820. The average Bonchev–Trinajstić information content (AvgIpc) is 2.23. The van der Waals surface area contributed by atoms with Gasteiger partial charge in [-0.25, -0.2) is 13.2 Å². The quantitative estimate of drug-likeness (QED) is 0.814. The Bertz CT molecular complexity index is 440. The molecule has 2 N–H and O–H groups in total. The van der Waals surface area contributed by atoms with Gasteiger partial charge in [-0.05, 0) is 40.0 Å². The lowest BCUT2D eigenvalue weighted by Crippen LogP contribution is -2.43. The Morgan fingerprint density at radius 1 is 1.35 bits per heavy atom. The van der Waals surface area contributed by atoms with Gasteiger partial charge in [0.1, 0.15) is 15.4 Å². The lowest BCUT2D eigenvalue weighted by atomic mass is 9.86. The van der Waals surface area contributed by atoms with E-state index < -0.39 is 32.9 Å². The molecule has 6 nitrogen and oxygen atoms in total. The fourth-order valence-electron chi connectivity index (χ4n) is 2.33. The molecule has 0 spiro atoms. The van der Waals surface area contributed by atoms with E-state index in [0.717, 1.165) is 0 Å². The van der Waals surface area contributed by atoms with E-state index in [0.29, 0.717) is 19.4 Å². The maximum Gasteiger partial charge on any atom is 0.407 e. The number of ether oxygens (including phenoxy) is 1. The van der Waals surface area contributed by atoms with Crippen LogP contribution in [0.1, 0.15) is 40.0 Å². The first-order chi connectivity index (χ1) is 8.99. The molecule has 0 aromatic carbocycles. The molecule has 20 heavy (non-hydrogen) atoms. The van der Waals surface area contributed by atoms with Crippen LogP contribution in [0.25, 0.3) is 0 Å². The summed E-state index contributed by atoms with van der Waals surface area (Å²) in [6, 6.07) is 0. The van der Waals surface area contributed by atoms with Gasteiger partial charge in [0.15, 0.2) is 0 Å². The zero-order valence-electron chi connectivity index (χ0n) is 12.5. The van der Waals surface area contributed by atoms with E-state index >= 15 is 0 Å². The first kappa shape index (κ1) is 17.2. The molecule has 7 heteroatoms. The van der Waals surface area contributed by atoms with E-state index in [1.807, 2.05) is 0 Å². The Morgan fingerprint density at radius 3 is 2.40 bits per heavy atom. The van der Waals surface area contributed by atoms with Crippen molar-refractivity contribution in [1.82, 2.24) is 5.32 Å². The molecule has 0 radical (unpaired) electrons. The van der Waals surface area contributed by atoms with Crippen LogP contribution in [0, 0.1) is 5.92 Å². The van der Waals surface area contributed by atoms with Crippen LogP contribution in [0.3, 0.4) is 0 Å². The molecule has 0 bridgehead atoms. The molecule has 1 unspecified atom stereocenters. The number of aliphatic hydroxyl groups is 1. The van der Waals surface area contributed by atoms with Crippen molar-refractivity contribution in [1.29, 1.82) is 0 Å². The highest BCUT2D eigenvalue weighted by Gasteiger charge is 2.34. The summed E-state index contributed by atoms with van der Waals surface area (Å²) in [5, 5.41) is 12.1. The minimum atomic E-state index is -3.11. The Labute approximate surface area is 120 Å². The van der Waals surface area contributed by atoms with Crippen LogP contribution in [0.2, 0.25) is 0 Å². The monoisotopic (exact) mass is 307 g/mol. The predicted octanol–water partition coefficient (Wildman–Crippen LogP) is 1.09. The van der Waals surface area contributed by atoms with Gasteiger partial charge in [-0.1, -0.05) is 0 Å². The maximum atomic E-state index is 11.5. The Kier molecular flexibility index (Phi) is 5.43. The Balaban J connectivity index is 2.42. The third kappa shape index (κ3) is 5.66. The van der Waals surface area contributed by atoms with Gasteiger partial charge < -0.3 is 15.2 Å². The number of carbonyl (C=O) groups is 1. The van der Waals surface area contributed by atoms with Crippen LogP contribution in [0.4, 0.5) is 4.79 Å². The fourth-order valence-corrected chi connectivity index (χ4v) is 3.44. The van der Waals surface area contributed by atoms with E-state index in [4.69, 9.17) is 4.74 Å². The molecule has 1 aliphatic carbocycles. The third-order valence-corrected chi connectivity index (χ3v) is 5.06. The van der Waals surface area contributed by atoms with Crippen molar-refractivity contribution in [3.05, 3.63) is 0 Å². The van der Waals surface area contributed by atoms with E-state index in [2.05, 4.69) is 5.32 Å². The van der Waals surface area contributed by atoms with Crippen LogP contribution < -0.4 is 5.32 Å². The van der Waals surface area contributed by atoms with Gasteiger partial charge in [0, 0.05) is 18.7 Å². The smallest absolute Gasteiger partial charge is 0.407 e. The predicted molar refractivity (Wildman–Crippen MR) is 76.2 cm³/mol. The second-order valence-electron chi connectivity index (χ2n) is 6.47. The van der Waals surface area contributed by atoms with E-state index in [9.17, 15) is 18.3 Å². The van der Waals surface area contributed by atoms with Gasteiger partial charge >= 0.3 is 6.09 Å². The summed E-state index contributed by atoms with van der Waals surface area (Å²) in [5.74, 6) is -0.125. The van der Waals surface area contributed by atoms with Crippen molar-refractivity contribution in [3.8, 4) is 0 Å². The van der Waals surface area contributed by atoms with Gasteiger partial charge in [0.25, 0.3) is 0 Å². The lowest BCUT2D eigenvalue weighted by Gasteiger charge is -2.32. The zero-order chi connectivity index (χ0) is 15.6. The molecule has 1 saturated carbocycles. The first-order valence-electron chi connectivity index (χ1n) is 6.83. The highest BCUT2D eigenvalue weighted by Crippen LogP contribution is 2.28. The minimum absolute atomic E-state index is 0.125. The van der Waals surface area contributed by atoms with Gasteiger partial charge in [-0.15, -0.1) is 0 Å². The number of nitrogens with one attached hydrogen (secondary N) is 1. The molecule has 1 amide bonds. The first-order valence-corrected chi connectivity index (χ1v) is 8.78. The topological polar surface area (TPSA) is 92.7 Å². The van der Waals surface area contributed by atoms with Crippen LogP contribution in [0.15, 0.2) is 0 Å². The van der Waals surface area contributed by atoms with Crippen molar-refractivity contribution in [2.45, 2.75) is 57.0 Å². The molecule has 0 aromatic heterocycles. The van der Waals surface area contributed by atoms with E-state index in [-0.39, 0.29) is 12.3 Å². The maximum absolute atomic E-state index is 11.5. The SMILES string of the molecule is CC(C)(C)OC(=O)NC[C@@H]1CCC(S(C)(=O)=O)C[C@H]1O. The molecular formula is C13H25NO5S. The number of aliphatic hydroxyl groups excluding tert-OH is 1. The Morgan fingerprint density at radius 2 is 1.95 bits per heavy atom. The number of hydrogen-bond donors (Lipinski definition) is 2. The standard InChI is InChI=1S/C13H25NO5S/c1-13(2,3)19-12(16)14-8-9-5-6-10(7-11(9)15)20(4,17)18/h9-11,15H,5-8H2,1-4H3,(H,14,16)/t9-,10?,11+/m0/s1. The number of sulfone groups is 1. The molecule has 1 aliphatic rings. The summed E-state index contributed by atoms with van der Waals surface area (Å²) >= 11 is 0. The van der Waals surface area contributed by atoms with Crippen molar-refractivity contribution in [3.63, 3.8) is 0 Å². The number of rotatable bonds is 3. The van der Waals surface area contributed by atoms with Crippen molar-refractivity contribution in [2.24, 2.45) is 5.92 Å². The molecule has 0 heterocycles. The van der Waals surface area contributed by atoms with Crippen molar-refractivity contribution < 1.29 is 23.1 Å². The van der Waals surface area contributed by atoms with Crippen LogP contribution in [-0.4, -0.2) is 49.4 Å². The lowest BCUT2D eigenvalue weighted by molar-refractivity contribution is 0.0437. The molecule has 118 valence electrons. The summed E-state index contributed by atoms with van der Waals surface area (Å²) in [4.78, 5) is 11.5. The number of alkyl carbamates (subject to hydrolysis) is 1. The fraction of sp³-hybridized carbons (Fsp3) is 0.923. The van der Waals surface area contributed by atoms with Gasteiger partial charge in [0.2, 0.25) is 0 Å². The van der Waals surface area contributed by atoms with Crippen LogP contribution >= 0.6 is 0 Å². The molecule has 0 aromatic rings. The number of amides is 1. The molecule has 1 fully saturated rings. The third-order valence-electron chi connectivity index (χ3n) is 3.42. The molecule has 1 rings (SSSR count). The van der Waals surface area contributed by atoms with E-state index in [1.165, 1.54) is 6.26 Å². The highest BCUT2D eigenvalue weighted by molar-refractivity contribution is 7.91. The molecule has 0 saturated heterocycles. The molecule has 0 aliphatic heterocycles. The zero-order valence-corrected chi connectivity index (χ0v) is 13.4. The van der Waals surface area contributed by atoms with Crippen LogP contribution in [-0.2, 0) is 14.6 Å². The number of hydrogen-bond acceptors (Lipinski definition) is 5. The second-order valence-corrected chi connectivity index (χ2v) is 8.80. The van der Waals surface area contributed by atoms with Crippen LogP contribution in [0.5, 0.6) is 0 Å². The summed E-state index contributed by atoms with van der Waals surface area (Å²) in [7, 11) is -3.11. The summed E-state index contributed by atoms with van der Waals surface area (Å²) in [6.07, 6.45) is 1.31. The van der Waals surface area contributed by atoms with Gasteiger partial charge in [0.05, 0.1) is 11.4 Å². The minimum Gasteiger partial charge on any atom is -0.444 e. The molecule has 3 atom stereocenters. The normalized spacial score (nSPS) is 27.9. The number of carbonyl (C=O) groups excluding carboxylic acids is 1. The summed E-state index contributed by atoms with van der Waals surface area (Å²) in [6.45, 7) is 5.63. The van der Waals surface area contributed by atoms with Gasteiger partial charge in [-0.3, -0.25) is 0 Å². The summed E-state index contributed by atoms with van der Waals surface area (Å²) < 4.78 is 28.0. The van der Waals surface area contributed by atoms with Crippen molar-refractivity contribution >= 4 is 15.9 Å². The van der Waals surface area contributed by atoms with E-state index in [1.54, 1.807) is 20.8 Å². The largest absolute Gasteiger partial charge is 0.444 e. The second kappa shape index (κ2) is 6.30. The molecular weight excluding hydrogens is 282 g/mol. The van der Waals surface area contributed by atoms with Crippen molar-refractivity contribution in [2.75, 3.05) is 12.8 Å². The average molecular weight is 307 g/mol. The van der Waals surface area contributed by atoms with Gasteiger partial charge in [-0.2, -0.15) is 0 Å².